The van der Waals surface area contributed by atoms with Crippen molar-refractivity contribution >= 4 is 46.2 Å². The average molecular weight is 531 g/mol. The first-order chi connectivity index (χ1) is 19.0. The molecule has 204 valence electrons. The van der Waals surface area contributed by atoms with Crippen molar-refractivity contribution < 1.29 is 19.1 Å². The molecule has 2 fully saturated rings. The van der Waals surface area contributed by atoms with Crippen LogP contribution < -0.4 is 31.1 Å². The van der Waals surface area contributed by atoms with E-state index in [-0.39, 0.29) is 12.1 Å². The third-order valence-corrected chi connectivity index (χ3v) is 6.83. The van der Waals surface area contributed by atoms with Gasteiger partial charge >= 0.3 is 12.1 Å². The molecule has 0 radical (unpaired) electrons. The fourth-order valence-electron chi connectivity index (χ4n) is 4.63. The number of carbonyl (C=O) groups excluding carboxylic acids is 2. The molecule has 5 rings (SSSR count). The minimum atomic E-state index is -0.362. The van der Waals surface area contributed by atoms with Gasteiger partial charge in [0.25, 0.3) is 0 Å². The van der Waals surface area contributed by atoms with Gasteiger partial charge in [-0.1, -0.05) is 6.07 Å². The SMILES string of the molecule is Cc1c(NC(=O)Nc2ccc(N3CCOCC3)cc2)cccc1NC(=O)Nc1ccc(N2CCOCC2)cc1. The van der Waals surface area contributed by atoms with Crippen LogP contribution in [-0.4, -0.2) is 64.7 Å². The molecule has 10 nitrogen and oxygen atoms in total. The van der Waals surface area contributed by atoms with Crippen molar-refractivity contribution in [2.75, 3.05) is 83.7 Å². The summed E-state index contributed by atoms with van der Waals surface area (Å²) < 4.78 is 10.8. The molecule has 4 N–H and O–H groups in total. The molecule has 39 heavy (non-hydrogen) atoms. The number of ether oxygens (including phenoxy) is 2. The quantitative estimate of drug-likeness (QED) is 0.359. The second kappa shape index (κ2) is 12.5. The molecular weight excluding hydrogens is 496 g/mol. The summed E-state index contributed by atoms with van der Waals surface area (Å²) in [6.07, 6.45) is 0. The number of amides is 4. The summed E-state index contributed by atoms with van der Waals surface area (Å²) in [7, 11) is 0. The van der Waals surface area contributed by atoms with Crippen LogP contribution in [0.2, 0.25) is 0 Å². The first-order valence-electron chi connectivity index (χ1n) is 13.2. The van der Waals surface area contributed by atoms with Crippen LogP contribution in [0.4, 0.5) is 43.7 Å². The minimum Gasteiger partial charge on any atom is -0.378 e. The minimum absolute atomic E-state index is 0.362. The van der Waals surface area contributed by atoms with Crippen LogP contribution in [0.1, 0.15) is 5.56 Å². The summed E-state index contributed by atoms with van der Waals surface area (Å²) in [5.41, 5.74) is 5.53. The highest BCUT2D eigenvalue weighted by Crippen LogP contribution is 2.25. The fraction of sp³-hybridized carbons (Fsp3) is 0.310. The summed E-state index contributed by atoms with van der Waals surface area (Å²) >= 11 is 0. The van der Waals surface area contributed by atoms with Gasteiger partial charge < -0.3 is 40.5 Å². The Labute approximate surface area is 228 Å². The normalized spacial score (nSPS) is 15.4. The predicted molar refractivity (Wildman–Crippen MR) is 155 cm³/mol. The van der Waals surface area contributed by atoms with Crippen LogP contribution in [0.5, 0.6) is 0 Å². The molecule has 3 aromatic rings. The zero-order valence-electron chi connectivity index (χ0n) is 22.0. The van der Waals surface area contributed by atoms with E-state index in [4.69, 9.17) is 9.47 Å². The Morgan fingerprint density at radius 2 is 0.974 bits per heavy atom. The Hall–Kier alpha value is -4.28. The van der Waals surface area contributed by atoms with E-state index in [0.717, 1.165) is 69.5 Å². The largest absolute Gasteiger partial charge is 0.378 e. The molecule has 0 bridgehead atoms. The van der Waals surface area contributed by atoms with Crippen molar-refractivity contribution in [1.29, 1.82) is 0 Å². The molecule has 0 unspecified atom stereocenters. The summed E-state index contributed by atoms with van der Waals surface area (Å²) in [4.78, 5) is 29.9. The van der Waals surface area contributed by atoms with E-state index < -0.39 is 0 Å². The summed E-state index contributed by atoms with van der Waals surface area (Å²) in [5, 5.41) is 11.5. The van der Waals surface area contributed by atoms with Gasteiger partial charge in [-0.05, 0) is 73.2 Å². The van der Waals surface area contributed by atoms with Crippen LogP contribution >= 0.6 is 0 Å². The van der Waals surface area contributed by atoms with Crippen molar-refractivity contribution in [3.05, 3.63) is 72.3 Å². The molecule has 0 aromatic heterocycles. The molecule has 0 aliphatic carbocycles. The van der Waals surface area contributed by atoms with E-state index in [0.29, 0.717) is 22.7 Å². The van der Waals surface area contributed by atoms with Gasteiger partial charge in [-0.25, -0.2) is 9.59 Å². The van der Waals surface area contributed by atoms with Gasteiger partial charge in [-0.3, -0.25) is 0 Å². The number of rotatable bonds is 6. The Balaban J connectivity index is 1.14. The van der Waals surface area contributed by atoms with Crippen molar-refractivity contribution in [1.82, 2.24) is 0 Å². The van der Waals surface area contributed by atoms with Crippen molar-refractivity contribution in [2.45, 2.75) is 6.92 Å². The lowest BCUT2D eigenvalue weighted by atomic mass is 10.1. The van der Waals surface area contributed by atoms with Crippen LogP contribution in [-0.2, 0) is 9.47 Å². The van der Waals surface area contributed by atoms with E-state index in [9.17, 15) is 9.59 Å². The summed E-state index contributed by atoms with van der Waals surface area (Å²) in [6.45, 7) is 8.16. The highest BCUT2D eigenvalue weighted by Gasteiger charge is 2.14. The van der Waals surface area contributed by atoms with Gasteiger partial charge in [0.15, 0.2) is 0 Å². The standard InChI is InChI=1S/C29H34N6O4/c1-21-26(32-28(36)30-22-5-9-24(10-6-22)34-13-17-38-18-14-34)3-2-4-27(21)33-29(37)31-23-7-11-25(12-8-23)35-15-19-39-20-16-35/h2-12H,13-20H2,1H3,(H2,30,32,36)(H2,31,33,37). The molecule has 2 heterocycles. The van der Waals surface area contributed by atoms with Crippen LogP contribution in [0.3, 0.4) is 0 Å². The number of hydrogen-bond donors (Lipinski definition) is 4. The van der Waals surface area contributed by atoms with Crippen molar-refractivity contribution in [3.63, 3.8) is 0 Å². The maximum absolute atomic E-state index is 12.7. The lowest BCUT2D eigenvalue weighted by Crippen LogP contribution is -2.36. The molecular formula is C29H34N6O4. The molecule has 2 aliphatic heterocycles. The van der Waals surface area contributed by atoms with Gasteiger partial charge in [0.1, 0.15) is 0 Å². The number of carbonyl (C=O) groups is 2. The van der Waals surface area contributed by atoms with Gasteiger partial charge in [0, 0.05) is 60.3 Å². The molecule has 4 amide bonds. The maximum atomic E-state index is 12.7. The van der Waals surface area contributed by atoms with Gasteiger partial charge in [-0.15, -0.1) is 0 Å². The topological polar surface area (TPSA) is 107 Å². The third-order valence-electron chi connectivity index (χ3n) is 6.83. The summed E-state index contributed by atoms with van der Waals surface area (Å²) in [5.74, 6) is 0. The molecule has 0 spiro atoms. The zero-order chi connectivity index (χ0) is 27.0. The van der Waals surface area contributed by atoms with Crippen LogP contribution in [0.25, 0.3) is 0 Å². The monoisotopic (exact) mass is 530 g/mol. The zero-order valence-corrected chi connectivity index (χ0v) is 22.0. The van der Waals surface area contributed by atoms with E-state index >= 15 is 0 Å². The van der Waals surface area contributed by atoms with E-state index in [1.54, 1.807) is 18.2 Å². The molecule has 0 atom stereocenters. The summed E-state index contributed by atoms with van der Waals surface area (Å²) in [6, 6.07) is 20.1. The molecule has 10 heteroatoms. The molecule has 3 aromatic carbocycles. The van der Waals surface area contributed by atoms with Crippen molar-refractivity contribution in [3.8, 4) is 0 Å². The molecule has 0 saturated carbocycles. The lowest BCUT2D eigenvalue weighted by Gasteiger charge is -2.28. The number of nitrogens with zero attached hydrogens (tertiary/aromatic N) is 2. The first-order valence-corrected chi connectivity index (χ1v) is 13.2. The highest BCUT2D eigenvalue weighted by atomic mass is 16.5. The van der Waals surface area contributed by atoms with E-state index in [1.165, 1.54) is 0 Å². The van der Waals surface area contributed by atoms with Crippen LogP contribution in [0.15, 0.2) is 66.7 Å². The number of urea groups is 2. The number of anilines is 6. The number of benzene rings is 3. The van der Waals surface area contributed by atoms with Crippen molar-refractivity contribution in [2.24, 2.45) is 0 Å². The number of morpholine rings is 2. The van der Waals surface area contributed by atoms with Gasteiger partial charge in [0.2, 0.25) is 0 Å². The number of hydrogen-bond acceptors (Lipinski definition) is 6. The molecule has 2 aliphatic rings. The van der Waals surface area contributed by atoms with Gasteiger partial charge in [0.05, 0.1) is 26.4 Å². The second-order valence-electron chi connectivity index (χ2n) is 9.43. The Morgan fingerprint density at radius 1 is 0.590 bits per heavy atom. The van der Waals surface area contributed by atoms with Crippen LogP contribution in [0, 0.1) is 6.92 Å². The lowest BCUT2D eigenvalue weighted by molar-refractivity contribution is 0.122. The Kier molecular flexibility index (Phi) is 8.45. The molecule has 2 saturated heterocycles. The first kappa shape index (κ1) is 26.3. The highest BCUT2D eigenvalue weighted by molar-refractivity contribution is 6.03. The maximum Gasteiger partial charge on any atom is 0.323 e. The Morgan fingerprint density at radius 3 is 1.36 bits per heavy atom. The van der Waals surface area contributed by atoms with E-state index in [1.807, 2.05) is 55.5 Å². The fourth-order valence-corrected chi connectivity index (χ4v) is 4.63. The number of nitrogens with one attached hydrogen (secondary N) is 4. The van der Waals surface area contributed by atoms with Gasteiger partial charge in [-0.2, -0.15) is 0 Å². The second-order valence-corrected chi connectivity index (χ2v) is 9.43. The third kappa shape index (κ3) is 6.98. The Bertz CT molecular complexity index is 1170. The van der Waals surface area contributed by atoms with E-state index in [2.05, 4.69) is 31.1 Å². The average Bonchev–Trinajstić information content (AvgIpc) is 2.97. The predicted octanol–water partition coefficient (Wildman–Crippen LogP) is 4.96. The smallest absolute Gasteiger partial charge is 0.323 e.